The zero-order chi connectivity index (χ0) is 11.5. The van der Waals surface area contributed by atoms with Crippen LogP contribution in [-0.2, 0) is 28.6 Å². The van der Waals surface area contributed by atoms with Crippen LogP contribution in [0.25, 0.3) is 0 Å². The molecule has 6 heteroatoms. The number of carbonyl (C=O) groups is 3. The predicted octanol–water partition coefficient (Wildman–Crippen LogP) is -0.246. The number of ether oxygens (including phenoxy) is 3. The summed E-state index contributed by atoms with van der Waals surface area (Å²) in [5.41, 5.74) is 0. The van der Waals surface area contributed by atoms with E-state index >= 15 is 0 Å². The van der Waals surface area contributed by atoms with Gasteiger partial charge in [-0.05, 0) is 6.42 Å². The molecule has 0 aliphatic carbocycles. The summed E-state index contributed by atoms with van der Waals surface area (Å²) in [5, 5.41) is 0. The minimum atomic E-state index is -1.26. The van der Waals surface area contributed by atoms with Crippen molar-refractivity contribution >= 4 is 17.9 Å². The molecule has 3 heterocycles. The van der Waals surface area contributed by atoms with Gasteiger partial charge in [-0.3, -0.25) is 14.4 Å². The van der Waals surface area contributed by atoms with E-state index in [1.165, 1.54) is 6.92 Å². The van der Waals surface area contributed by atoms with Crippen molar-refractivity contribution in [2.45, 2.75) is 31.7 Å². The van der Waals surface area contributed by atoms with Crippen LogP contribution in [0.4, 0.5) is 0 Å². The van der Waals surface area contributed by atoms with Crippen molar-refractivity contribution in [1.82, 2.24) is 0 Å². The molecular weight excluding hydrogens is 216 g/mol. The Balaban J connectivity index is 1.99. The molecule has 16 heavy (non-hydrogen) atoms. The molecule has 0 aromatic heterocycles. The Labute approximate surface area is 90.8 Å². The third-order valence-electron chi connectivity index (χ3n) is 3.41. The van der Waals surface area contributed by atoms with Gasteiger partial charge in [-0.25, -0.2) is 0 Å². The molecule has 0 saturated carbocycles. The van der Waals surface area contributed by atoms with Crippen LogP contribution < -0.4 is 0 Å². The van der Waals surface area contributed by atoms with Crippen molar-refractivity contribution in [2.24, 2.45) is 11.8 Å². The lowest BCUT2D eigenvalue weighted by Crippen LogP contribution is -2.43. The number of esters is 3. The molecule has 0 aromatic rings. The van der Waals surface area contributed by atoms with Crippen LogP contribution >= 0.6 is 0 Å². The second-order valence-corrected chi connectivity index (χ2v) is 4.34. The fourth-order valence-corrected chi connectivity index (χ4v) is 2.91. The quantitative estimate of drug-likeness (QED) is 0.453. The van der Waals surface area contributed by atoms with Crippen molar-refractivity contribution in [3.63, 3.8) is 0 Å². The third kappa shape index (κ3) is 1.02. The fourth-order valence-electron chi connectivity index (χ4n) is 2.91. The molecule has 3 aliphatic rings. The van der Waals surface area contributed by atoms with Crippen molar-refractivity contribution < 1.29 is 28.6 Å². The number of rotatable bonds is 1. The van der Waals surface area contributed by atoms with E-state index in [0.717, 1.165) is 0 Å². The van der Waals surface area contributed by atoms with Crippen LogP contribution in [-0.4, -0.2) is 29.8 Å². The first-order chi connectivity index (χ1) is 7.53. The molecule has 0 amide bonds. The van der Waals surface area contributed by atoms with Crippen molar-refractivity contribution in [1.29, 1.82) is 0 Å². The number of hydrogen-bond donors (Lipinski definition) is 0. The maximum atomic E-state index is 11.5. The van der Waals surface area contributed by atoms with Gasteiger partial charge in [-0.2, -0.15) is 0 Å². The van der Waals surface area contributed by atoms with E-state index in [2.05, 4.69) is 4.74 Å². The van der Waals surface area contributed by atoms with Gasteiger partial charge in [0, 0.05) is 13.3 Å². The number of fused-ring (bicyclic) bond motifs is 5. The highest BCUT2D eigenvalue weighted by atomic mass is 16.7. The number of cyclic esters (lactones) is 2. The zero-order valence-corrected chi connectivity index (χ0v) is 8.60. The van der Waals surface area contributed by atoms with Gasteiger partial charge in [-0.15, -0.1) is 0 Å². The molecule has 0 radical (unpaired) electrons. The minimum absolute atomic E-state index is 0.358. The van der Waals surface area contributed by atoms with E-state index in [-0.39, 0.29) is 6.10 Å². The molecule has 4 atom stereocenters. The number of hydrogen-bond acceptors (Lipinski definition) is 6. The number of carbonyl (C=O) groups excluding carboxylic acids is 3. The molecule has 3 rings (SSSR count). The van der Waals surface area contributed by atoms with Crippen LogP contribution in [0.3, 0.4) is 0 Å². The molecule has 2 bridgehead atoms. The Kier molecular flexibility index (Phi) is 1.72. The fraction of sp³-hybridized carbons (Fsp3) is 0.700. The topological polar surface area (TPSA) is 78.9 Å². The van der Waals surface area contributed by atoms with Gasteiger partial charge in [0.1, 0.15) is 11.8 Å². The summed E-state index contributed by atoms with van der Waals surface area (Å²) in [6, 6.07) is 0. The maximum Gasteiger partial charge on any atom is 0.324 e. The molecule has 0 spiro atoms. The lowest BCUT2D eigenvalue weighted by molar-refractivity contribution is -0.219. The van der Waals surface area contributed by atoms with E-state index in [1.807, 2.05) is 0 Å². The van der Waals surface area contributed by atoms with Crippen molar-refractivity contribution in [3.8, 4) is 0 Å². The summed E-state index contributed by atoms with van der Waals surface area (Å²) in [5.74, 6) is -4.35. The first-order valence-electron chi connectivity index (χ1n) is 5.16. The van der Waals surface area contributed by atoms with Crippen molar-refractivity contribution in [2.75, 3.05) is 0 Å². The van der Waals surface area contributed by atoms with Gasteiger partial charge in [0.15, 0.2) is 0 Å². The summed E-state index contributed by atoms with van der Waals surface area (Å²) in [7, 11) is 0. The average molecular weight is 226 g/mol. The van der Waals surface area contributed by atoms with E-state index in [1.54, 1.807) is 0 Å². The molecule has 4 unspecified atom stereocenters. The van der Waals surface area contributed by atoms with E-state index in [9.17, 15) is 14.4 Å². The summed E-state index contributed by atoms with van der Waals surface area (Å²) in [4.78, 5) is 34.0. The SMILES string of the molecule is CC(=O)OC12CCC(O1)C1C(=O)OC(=O)C12. The highest BCUT2D eigenvalue weighted by Crippen LogP contribution is 2.55. The zero-order valence-electron chi connectivity index (χ0n) is 8.60. The highest BCUT2D eigenvalue weighted by molar-refractivity contribution is 5.98. The van der Waals surface area contributed by atoms with Gasteiger partial charge < -0.3 is 14.2 Å². The molecule has 3 saturated heterocycles. The first-order valence-corrected chi connectivity index (χ1v) is 5.16. The molecule has 3 aliphatic heterocycles. The molecule has 0 aromatic carbocycles. The van der Waals surface area contributed by atoms with Gasteiger partial charge in [0.05, 0.1) is 6.10 Å². The Morgan fingerprint density at radius 1 is 1.44 bits per heavy atom. The second-order valence-electron chi connectivity index (χ2n) is 4.34. The van der Waals surface area contributed by atoms with Crippen LogP contribution in [0.15, 0.2) is 0 Å². The van der Waals surface area contributed by atoms with E-state index in [4.69, 9.17) is 9.47 Å². The van der Waals surface area contributed by atoms with E-state index < -0.39 is 35.5 Å². The van der Waals surface area contributed by atoms with Crippen molar-refractivity contribution in [3.05, 3.63) is 0 Å². The van der Waals surface area contributed by atoms with Crippen LogP contribution in [0.1, 0.15) is 19.8 Å². The standard InChI is InChI=1S/C10H10O6/c1-4(11)15-10-3-2-5(16-10)6-7(10)9(13)14-8(6)12/h5-7H,2-3H2,1H3. The lowest BCUT2D eigenvalue weighted by atomic mass is 9.79. The second kappa shape index (κ2) is 2.82. The van der Waals surface area contributed by atoms with E-state index in [0.29, 0.717) is 12.8 Å². The molecule has 86 valence electrons. The Hall–Kier alpha value is -1.43. The minimum Gasteiger partial charge on any atom is -0.432 e. The molecule has 0 N–H and O–H groups in total. The summed E-state index contributed by atoms with van der Waals surface area (Å²) >= 11 is 0. The predicted molar refractivity (Wildman–Crippen MR) is 46.7 cm³/mol. The van der Waals surface area contributed by atoms with Gasteiger partial charge in [0.25, 0.3) is 0 Å². The average Bonchev–Trinajstić information content (AvgIpc) is 2.77. The third-order valence-corrected chi connectivity index (χ3v) is 3.41. The highest BCUT2D eigenvalue weighted by Gasteiger charge is 2.71. The largest absolute Gasteiger partial charge is 0.432 e. The Bertz CT molecular complexity index is 402. The summed E-state index contributed by atoms with van der Waals surface area (Å²) in [6.07, 6.45) is 0.695. The normalized spacial score (nSPS) is 44.4. The maximum absolute atomic E-state index is 11.5. The first kappa shape index (κ1) is 9.77. The van der Waals surface area contributed by atoms with Crippen LogP contribution in [0.2, 0.25) is 0 Å². The van der Waals surface area contributed by atoms with Gasteiger partial charge in [-0.1, -0.05) is 0 Å². The summed E-state index contributed by atoms with van der Waals surface area (Å²) < 4.78 is 15.2. The van der Waals surface area contributed by atoms with Gasteiger partial charge >= 0.3 is 17.9 Å². The van der Waals surface area contributed by atoms with Gasteiger partial charge in [0.2, 0.25) is 5.79 Å². The Morgan fingerprint density at radius 2 is 2.19 bits per heavy atom. The molecule has 3 fully saturated rings. The summed E-state index contributed by atoms with van der Waals surface area (Å²) in [6.45, 7) is 1.25. The molecular formula is C10H10O6. The van der Waals surface area contributed by atoms with Crippen LogP contribution in [0.5, 0.6) is 0 Å². The smallest absolute Gasteiger partial charge is 0.324 e. The molecule has 6 nitrogen and oxygen atoms in total. The lowest BCUT2D eigenvalue weighted by Gasteiger charge is -2.28. The Morgan fingerprint density at radius 3 is 2.88 bits per heavy atom. The monoisotopic (exact) mass is 226 g/mol. The van der Waals surface area contributed by atoms with Crippen LogP contribution in [0, 0.1) is 11.8 Å².